The van der Waals surface area contributed by atoms with Crippen LogP contribution in [0.25, 0.3) is 0 Å². The van der Waals surface area contributed by atoms with Crippen LogP contribution in [0, 0.1) is 5.82 Å². The van der Waals surface area contributed by atoms with Crippen LogP contribution in [-0.2, 0) is 13.1 Å². The summed E-state index contributed by atoms with van der Waals surface area (Å²) in [5, 5.41) is 7.64. The van der Waals surface area contributed by atoms with Crippen LogP contribution in [0.1, 0.15) is 25.0 Å². The Morgan fingerprint density at radius 1 is 1.22 bits per heavy atom. The Labute approximate surface area is 107 Å². The predicted molar refractivity (Wildman–Crippen MR) is 69.7 cm³/mol. The molecule has 1 N–H and O–H groups in total. The average molecular weight is 247 g/mol. The van der Waals surface area contributed by atoms with E-state index in [4.69, 9.17) is 0 Å². The average Bonchev–Trinajstić information content (AvgIpc) is 2.77. The first-order chi connectivity index (χ1) is 8.63. The second-order valence-corrected chi connectivity index (χ2v) is 4.71. The summed E-state index contributed by atoms with van der Waals surface area (Å²) in [4.78, 5) is 0. The summed E-state index contributed by atoms with van der Waals surface area (Å²) in [6.45, 7) is 5.72. The number of rotatable bonds is 5. The Kier molecular flexibility index (Phi) is 4.10. The van der Waals surface area contributed by atoms with Crippen LogP contribution in [0.2, 0.25) is 0 Å². The molecule has 0 spiro atoms. The highest BCUT2D eigenvalue weighted by molar-refractivity contribution is 5.16. The smallest absolute Gasteiger partial charge is 0.123 e. The molecule has 4 heteroatoms. The van der Waals surface area contributed by atoms with Crippen molar-refractivity contribution in [1.82, 2.24) is 15.1 Å². The molecule has 0 fully saturated rings. The number of nitrogens with zero attached hydrogens (tertiary/aromatic N) is 2. The van der Waals surface area contributed by atoms with Crippen molar-refractivity contribution in [3.05, 3.63) is 53.6 Å². The van der Waals surface area contributed by atoms with E-state index in [9.17, 15) is 4.39 Å². The van der Waals surface area contributed by atoms with Gasteiger partial charge in [-0.1, -0.05) is 26.0 Å². The van der Waals surface area contributed by atoms with E-state index in [1.165, 1.54) is 12.1 Å². The first-order valence-electron chi connectivity index (χ1n) is 6.12. The Bertz CT molecular complexity index is 488. The molecule has 3 nitrogen and oxygen atoms in total. The zero-order chi connectivity index (χ0) is 13.0. The minimum atomic E-state index is -0.207. The van der Waals surface area contributed by atoms with Gasteiger partial charge < -0.3 is 5.32 Å². The molecule has 1 aromatic heterocycles. The molecule has 96 valence electrons. The van der Waals surface area contributed by atoms with Crippen molar-refractivity contribution in [2.45, 2.75) is 33.0 Å². The third-order valence-electron chi connectivity index (χ3n) is 2.66. The molecule has 0 aliphatic carbocycles. The van der Waals surface area contributed by atoms with Gasteiger partial charge in [-0.05, 0) is 17.7 Å². The highest BCUT2D eigenvalue weighted by atomic mass is 19.1. The molecule has 2 aromatic rings. The molecule has 1 aromatic carbocycles. The van der Waals surface area contributed by atoms with Gasteiger partial charge in [-0.15, -0.1) is 0 Å². The van der Waals surface area contributed by atoms with Gasteiger partial charge in [-0.25, -0.2) is 4.39 Å². The molecular weight excluding hydrogens is 229 g/mol. The monoisotopic (exact) mass is 247 g/mol. The fourth-order valence-electron chi connectivity index (χ4n) is 1.68. The summed E-state index contributed by atoms with van der Waals surface area (Å²) < 4.78 is 14.6. The zero-order valence-electron chi connectivity index (χ0n) is 10.7. The first kappa shape index (κ1) is 12.8. The Morgan fingerprint density at radius 3 is 2.61 bits per heavy atom. The van der Waals surface area contributed by atoms with Crippen molar-refractivity contribution in [2.24, 2.45) is 0 Å². The standard InChI is InChI=1S/C14H18FN3/c1-11(2)16-7-13-8-17-18(10-13)9-12-3-5-14(15)6-4-12/h3-6,8,10-11,16H,7,9H2,1-2H3. The number of hydrogen-bond donors (Lipinski definition) is 1. The molecule has 18 heavy (non-hydrogen) atoms. The summed E-state index contributed by atoms with van der Waals surface area (Å²) in [5.41, 5.74) is 2.20. The maximum Gasteiger partial charge on any atom is 0.123 e. The second kappa shape index (κ2) is 5.78. The molecule has 0 radical (unpaired) electrons. The Balaban J connectivity index is 1.95. The van der Waals surface area contributed by atoms with Crippen molar-refractivity contribution in [2.75, 3.05) is 0 Å². The highest BCUT2D eigenvalue weighted by Crippen LogP contribution is 2.06. The van der Waals surface area contributed by atoms with Crippen molar-refractivity contribution >= 4 is 0 Å². The van der Waals surface area contributed by atoms with E-state index in [1.54, 1.807) is 12.1 Å². The summed E-state index contributed by atoms with van der Waals surface area (Å²) >= 11 is 0. The number of halogens is 1. The van der Waals surface area contributed by atoms with Crippen LogP contribution in [0.5, 0.6) is 0 Å². The van der Waals surface area contributed by atoms with Gasteiger partial charge in [0.05, 0.1) is 12.7 Å². The topological polar surface area (TPSA) is 29.9 Å². The molecule has 0 atom stereocenters. The van der Waals surface area contributed by atoms with Gasteiger partial charge >= 0.3 is 0 Å². The number of aromatic nitrogens is 2. The fraction of sp³-hybridized carbons (Fsp3) is 0.357. The Morgan fingerprint density at radius 2 is 1.94 bits per heavy atom. The highest BCUT2D eigenvalue weighted by Gasteiger charge is 2.01. The third kappa shape index (κ3) is 3.67. The van der Waals surface area contributed by atoms with Gasteiger partial charge in [-0.2, -0.15) is 5.10 Å². The molecule has 1 heterocycles. The molecule has 0 unspecified atom stereocenters. The quantitative estimate of drug-likeness (QED) is 0.880. The predicted octanol–water partition coefficient (Wildman–Crippen LogP) is 2.57. The lowest BCUT2D eigenvalue weighted by Gasteiger charge is -2.05. The third-order valence-corrected chi connectivity index (χ3v) is 2.66. The van der Waals surface area contributed by atoms with Crippen LogP contribution in [0.15, 0.2) is 36.7 Å². The molecule has 0 bridgehead atoms. The molecular formula is C14H18FN3. The van der Waals surface area contributed by atoms with Gasteiger partial charge in [0.2, 0.25) is 0 Å². The minimum absolute atomic E-state index is 0.207. The first-order valence-corrected chi connectivity index (χ1v) is 6.12. The normalized spacial score (nSPS) is 11.1. The maximum absolute atomic E-state index is 12.8. The van der Waals surface area contributed by atoms with Gasteiger partial charge in [-0.3, -0.25) is 4.68 Å². The van der Waals surface area contributed by atoms with Crippen molar-refractivity contribution in [3.63, 3.8) is 0 Å². The maximum atomic E-state index is 12.8. The van der Waals surface area contributed by atoms with E-state index < -0.39 is 0 Å². The second-order valence-electron chi connectivity index (χ2n) is 4.71. The van der Waals surface area contributed by atoms with Crippen LogP contribution in [0.4, 0.5) is 4.39 Å². The molecule has 0 saturated carbocycles. The molecule has 2 rings (SSSR count). The summed E-state index contributed by atoms with van der Waals surface area (Å²) in [7, 11) is 0. The lowest BCUT2D eigenvalue weighted by molar-refractivity contribution is 0.588. The summed E-state index contributed by atoms with van der Waals surface area (Å²) in [5.74, 6) is -0.207. The lowest BCUT2D eigenvalue weighted by atomic mass is 10.2. The van der Waals surface area contributed by atoms with Crippen molar-refractivity contribution in [1.29, 1.82) is 0 Å². The molecule has 0 aliphatic rings. The number of nitrogens with one attached hydrogen (secondary N) is 1. The summed E-state index contributed by atoms with van der Waals surface area (Å²) in [6.07, 6.45) is 3.87. The van der Waals surface area contributed by atoms with Gasteiger partial charge in [0.25, 0.3) is 0 Å². The van der Waals surface area contributed by atoms with Gasteiger partial charge in [0.15, 0.2) is 0 Å². The lowest BCUT2D eigenvalue weighted by Crippen LogP contribution is -2.21. The Hall–Kier alpha value is -1.68. The fourth-order valence-corrected chi connectivity index (χ4v) is 1.68. The van der Waals surface area contributed by atoms with Crippen LogP contribution >= 0.6 is 0 Å². The van der Waals surface area contributed by atoms with Gasteiger partial charge in [0, 0.05) is 24.3 Å². The summed E-state index contributed by atoms with van der Waals surface area (Å²) in [6, 6.07) is 6.97. The SMILES string of the molecule is CC(C)NCc1cnn(Cc2ccc(F)cc2)c1. The van der Waals surface area contributed by atoms with Crippen molar-refractivity contribution < 1.29 is 4.39 Å². The largest absolute Gasteiger partial charge is 0.310 e. The zero-order valence-corrected chi connectivity index (χ0v) is 10.7. The van der Waals surface area contributed by atoms with E-state index >= 15 is 0 Å². The van der Waals surface area contributed by atoms with Gasteiger partial charge in [0.1, 0.15) is 5.82 Å². The molecule has 0 saturated heterocycles. The number of hydrogen-bond acceptors (Lipinski definition) is 2. The van der Waals surface area contributed by atoms with Crippen LogP contribution in [-0.4, -0.2) is 15.8 Å². The number of benzene rings is 1. The van der Waals surface area contributed by atoms with Crippen molar-refractivity contribution in [3.8, 4) is 0 Å². The van der Waals surface area contributed by atoms with E-state index in [1.807, 2.05) is 17.1 Å². The van der Waals surface area contributed by atoms with Crippen LogP contribution < -0.4 is 5.32 Å². The minimum Gasteiger partial charge on any atom is -0.310 e. The van der Waals surface area contributed by atoms with Crippen LogP contribution in [0.3, 0.4) is 0 Å². The van der Waals surface area contributed by atoms with E-state index in [0.29, 0.717) is 12.6 Å². The van der Waals surface area contributed by atoms with E-state index in [2.05, 4.69) is 24.3 Å². The molecule has 0 aliphatic heterocycles. The molecule has 0 amide bonds. The van der Waals surface area contributed by atoms with E-state index in [-0.39, 0.29) is 5.82 Å². The van der Waals surface area contributed by atoms with E-state index in [0.717, 1.165) is 17.7 Å².